The number of carbonyl (C=O) groups is 1. The van der Waals surface area contributed by atoms with Crippen molar-refractivity contribution in [3.8, 4) is 11.5 Å². The van der Waals surface area contributed by atoms with Gasteiger partial charge in [0.1, 0.15) is 11.2 Å². The summed E-state index contributed by atoms with van der Waals surface area (Å²) in [4.78, 5) is 24.5. The summed E-state index contributed by atoms with van der Waals surface area (Å²) in [7, 11) is 1.32. The number of non-ortho nitro benzene ring substituents is 1. The molecule has 0 saturated carbocycles. The number of anilines is 1. The van der Waals surface area contributed by atoms with Gasteiger partial charge in [0.2, 0.25) is 0 Å². The van der Waals surface area contributed by atoms with Crippen LogP contribution in [0.25, 0.3) is 0 Å². The average Bonchev–Trinajstić information content (AvgIpc) is 3.00. The van der Waals surface area contributed by atoms with E-state index in [0.29, 0.717) is 5.56 Å². The van der Waals surface area contributed by atoms with Crippen LogP contribution in [-0.4, -0.2) is 23.0 Å². The smallest absolute Gasteiger partial charge is 0.273 e. The molecule has 0 spiro atoms. The van der Waals surface area contributed by atoms with E-state index >= 15 is 0 Å². The Bertz CT molecular complexity index is 924. The fourth-order valence-electron chi connectivity index (χ4n) is 3.53. The Morgan fingerprint density at radius 3 is 2.81 bits per heavy atom. The molecule has 0 bridgehead atoms. The lowest BCUT2D eigenvalue weighted by molar-refractivity contribution is -0.385. The van der Waals surface area contributed by atoms with Crippen LogP contribution in [0.4, 0.5) is 10.7 Å². The molecule has 136 valence electrons. The van der Waals surface area contributed by atoms with E-state index < -0.39 is 11.1 Å². The molecule has 9 heteroatoms. The van der Waals surface area contributed by atoms with Gasteiger partial charge in [-0.1, -0.05) is 0 Å². The molecule has 2 aromatic rings. The molecule has 0 radical (unpaired) electrons. The van der Waals surface area contributed by atoms with Crippen LogP contribution in [0.2, 0.25) is 0 Å². The minimum absolute atomic E-state index is 0.0125. The van der Waals surface area contributed by atoms with Crippen LogP contribution in [0, 0.1) is 10.1 Å². The molecule has 2 aliphatic rings. The third-order valence-electron chi connectivity index (χ3n) is 4.78. The molecule has 2 heterocycles. The number of hydrogen-bond donors (Lipinski definition) is 3. The molecular weight excluding hydrogens is 358 g/mol. The van der Waals surface area contributed by atoms with Crippen molar-refractivity contribution in [2.75, 3.05) is 12.4 Å². The number of benzene rings is 1. The van der Waals surface area contributed by atoms with E-state index in [1.54, 1.807) is 11.3 Å². The van der Waals surface area contributed by atoms with E-state index in [0.717, 1.165) is 42.3 Å². The lowest BCUT2D eigenvalue weighted by Gasteiger charge is -2.27. The number of nitro benzene ring substituents is 1. The highest BCUT2D eigenvalue weighted by Gasteiger charge is 2.34. The van der Waals surface area contributed by atoms with Crippen LogP contribution in [0.1, 0.15) is 45.4 Å². The first kappa shape index (κ1) is 16.6. The molecule has 4 rings (SSSR count). The highest BCUT2D eigenvalue weighted by molar-refractivity contribution is 7.16. The molecule has 1 aromatic heterocycles. The van der Waals surface area contributed by atoms with Crippen molar-refractivity contribution in [3.63, 3.8) is 0 Å². The van der Waals surface area contributed by atoms with E-state index in [2.05, 4.69) is 10.6 Å². The molecule has 1 atom stereocenters. The van der Waals surface area contributed by atoms with Crippen LogP contribution >= 0.6 is 11.3 Å². The topological polar surface area (TPSA) is 114 Å². The summed E-state index contributed by atoms with van der Waals surface area (Å²) >= 11 is 1.55. The Kier molecular flexibility index (Phi) is 3.95. The summed E-state index contributed by atoms with van der Waals surface area (Å²) in [6, 6.07) is 2.40. The third kappa shape index (κ3) is 2.55. The second-order valence-corrected chi connectivity index (χ2v) is 7.41. The van der Waals surface area contributed by atoms with Crippen molar-refractivity contribution in [2.24, 2.45) is 0 Å². The fourth-order valence-corrected chi connectivity index (χ4v) is 4.84. The number of rotatable bonds is 3. The molecular formula is C17H17N3O5S. The number of phenolic OH excluding ortho intramolecular Hbond substituents is 1. The highest BCUT2D eigenvalue weighted by atomic mass is 32.1. The standard InChI is InChI=1S/C17H17N3O5S/c1-25-11-7-8(20(23)24)6-10(14(11)21)15-18-16(22)13-9-4-2-3-5-12(9)26-17(13)19-15/h6-7,15,19,21H,2-5H2,1H3,(H,18,22). The number of nitrogens with one attached hydrogen (secondary N) is 2. The summed E-state index contributed by atoms with van der Waals surface area (Å²) in [5.41, 5.74) is 1.74. The number of nitrogens with zero attached hydrogens (tertiary/aromatic N) is 1. The second kappa shape index (κ2) is 6.17. The molecule has 0 fully saturated rings. The van der Waals surface area contributed by atoms with Crippen molar-refractivity contribution in [2.45, 2.75) is 31.8 Å². The van der Waals surface area contributed by atoms with E-state index in [1.807, 2.05) is 0 Å². The van der Waals surface area contributed by atoms with Crippen LogP contribution in [0.5, 0.6) is 11.5 Å². The second-order valence-electron chi connectivity index (χ2n) is 6.31. The molecule has 1 unspecified atom stereocenters. The number of methoxy groups -OCH3 is 1. The maximum absolute atomic E-state index is 12.7. The summed E-state index contributed by atoms with van der Waals surface area (Å²) in [6.45, 7) is 0. The van der Waals surface area contributed by atoms with Crippen LogP contribution in [0.15, 0.2) is 12.1 Å². The van der Waals surface area contributed by atoms with Crippen molar-refractivity contribution in [3.05, 3.63) is 43.8 Å². The van der Waals surface area contributed by atoms with Gasteiger partial charge in [-0.2, -0.15) is 0 Å². The Morgan fingerprint density at radius 1 is 1.31 bits per heavy atom. The fraction of sp³-hybridized carbons (Fsp3) is 0.353. The molecule has 1 aromatic carbocycles. The molecule has 1 amide bonds. The number of fused-ring (bicyclic) bond motifs is 3. The van der Waals surface area contributed by atoms with Gasteiger partial charge in [-0.05, 0) is 31.2 Å². The van der Waals surface area contributed by atoms with Gasteiger partial charge in [0.25, 0.3) is 11.6 Å². The van der Waals surface area contributed by atoms with Gasteiger partial charge >= 0.3 is 0 Å². The molecule has 8 nitrogen and oxygen atoms in total. The minimum Gasteiger partial charge on any atom is -0.504 e. The van der Waals surface area contributed by atoms with E-state index in [1.165, 1.54) is 18.1 Å². The summed E-state index contributed by atoms with van der Waals surface area (Å²) in [5, 5.41) is 28.3. The number of aryl methyl sites for hydroxylation is 1. The number of phenols is 1. The molecule has 1 aliphatic carbocycles. The number of aromatic hydroxyl groups is 1. The van der Waals surface area contributed by atoms with Gasteiger partial charge in [-0.3, -0.25) is 14.9 Å². The van der Waals surface area contributed by atoms with Crippen molar-refractivity contribution in [1.82, 2.24) is 5.32 Å². The lowest BCUT2D eigenvalue weighted by Crippen LogP contribution is -2.38. The Labute approximate surface area is 152 Å². The highest BCUT2D eigenvalue weighted by Crippen LogP contribution is 2.44. The van der Waals surface area contributed by atoms with Crippen LogP contribution in [-0.2, 0) is 12.8 Å². The zero-order chi connectivity index (χ0) is 18.4. The zero-order valence-corrected chi connectivity index (χ0v) is 14.8. The summed E-state index contributed by atoms with van der Waals surface area (Å²) in [5.74, 6) is -0.477. The van der Waals surface area contributed by atoms with Crippen molar-refractivity contribution < 1.29 is 19.6 Å². The first-order valence-corrected chi connectivity index (χ1v) is 9.08. The first-order chi connectivity index (χ1) is 12.5. The predicted molar refractivity (Wildman–Crippen MR) is 96.1 cm³/mol. The Morgan fingerprint density at radius 2 is 2.08 bits per heavy atom. The number of nitro groups is 1. The number of hydrogen-bond acceptors (Lipinski definition) is 7. The van der Waals surface area contributed by atoms with Gasteiger partial charge < -0.3 is 20.5 Å². The van der Waals surface area contributed by atoms with Crippen molar-refractivity contribution >= 4 is 27.9 Å². The van der Waals surface area contributed by atoms with E-state index in [9.17, 15) is 20.0 Å². The lowest BCUT2D eigenvalue weighted by atomic mass is 9.94. The number of ether oxygens (including phenoxy) is 1. The Hall–Kier alpha value is -2.81. The average molecular weight is 375 g/mol. The van der Waals surface area contributed by atoms with E-state index in [4.69, 9.17) is 4.74 Å². The van der Waals surface area contributed by atoms with Crippen molar-refractivity contribution in [1.29, 1.82) is 0 Å². The largest absolute Gasteiger partial charge is 0.504 e. The SMILES string of the molecule is COc1cc([N+](=O)[O-])cc(C2NC(=O)c3c(sc4c3CCCC4)N2)c1O. The maximum Gasteiger partial charge on any atom is 0.273 e. The molecule has 26 heavy (non-hydrogen) atoms. The van der Waals surface area contributed by atoms with E-state index in [-0.39, 0.29) is 28.7 Å². The quantitative estimate of drug-likeness (QED) is 0.561. The van der Waals surface area contributed by atoms with Crippen LogP contribution < -0.4 is 15.4 Å². The van der Waals surface area contributed by atoms with Crippen LogP contribution in [0.3, 0.4) is 0 Å². The normalized spacial score (nSPS) is 18.3. The van der Waals surface area contributed by atoms with Gasteiger partial charge in [-0.25, -0.2) is 0 Å². The third-order valence-corrected chi connectivity index (χ3v) is 6.00. The minimum atomic E-state index is -0.774. The number of amides is 1. The first-order valence-electron chi connectivity index (χ1n) is 8.26. The number of thiophene rings is 1. The summed E-state index contributed by atoms with van der Waals surface area (Å²) < 4.78 is 5.04. The molecule has 3 N–H and O–H groups in total. The number of carbonyl (C=O) groups excluding carboxylic acids is 1. The maximum atomic E-state index is 12.7. The monoisotopic (exact) mass is 375 g/mol. The Balaban J connectivity index is 1.77. The summed E-state index contributed by atoms with van der Waals surface area (Å²) in [6.07, 6.45) is 3.25. The van der Waals surface area contributed by atoms with Gasteiger partial charge in [0.05, 0.1) is 23.7 Å². The van der Waals surface area contributed by atoms with Gasteiger partial charge in [0.15, 0.2) is 11.5 Å². The van der Waals surface area contributed by atoms with Gasteiger partial charge in [-0.15, -0.1) is 11.3 Å². The molecule has 0 saturated heterocycles. The molecule has 1 aliphatic heterocycles. The van der Waals surface area contributed by atoms with Gasteiger partial charge in [0, 0.05) is 16.5 Å². The predicted octanol–water partition coefficient (Wildman–Crippen LogP) is 3.10. The zero-order valence-electron chi connectivity index (χ0n) is 14.0.